The number of benzene rings is 1. The summed E-state index contributed by atoms with van der Waals surface area (Å²) in [5, 5.41) is 0. The van der Waals surface area contributed by atoms with Crippen LogP contribution in [0.1, 0.15) is 29.8 Å². The second-order valence-corrected chi connectivity index (χ2v) is 5.92. The van der Waals surface area contributed by atoms with Crippen molar-refractivity contribution in [3.8, 4) is 0 Å². The van der Waals surface area contributed by atoms with Crippen molar-refractivity contribution in [2.24, 2.45) is 5.92 Å². The van der Waals surface area contributed by atoms with Crippen molar-refractivity contribution < 1.29 is 18.0 Å². The van der Waals surface area contributed by atoms with Crippen LogP contribution in [0, 0.1) is 12.8 Å². The highest BCUT2D eigenvalue weighted by molar-refractivity contribution is 9.10. The molecule has 0 fully saturated rings. The first-order valence-corrected chi connectivity index (χ1v) is 7.02. The highest BCUT2D eigenvalue weighted by atomic mass is 79.9. The van der Waals surface area contributed by atoms with Crippen molar-refractivity contribution in [2.75, 3.05) is 13.1 Å². The smallest absolute Gasteiger partial charge is 0.329 e. The van der Waals surface area contributed by atoms with E-state index in [4.69, 9.17) is 0 Å². The Kier molecular flexibility index (Phi) is 5.62. The van der Waals surface area contributed by atoms with Crippen molar-refractivity contribution in [1.29, 1.82) is 0 Å². The van der Waals surface area contributed by atoms with Crippen LogP contribution in [0.5, 0.6) is 0 Å². The third-order valence-corrected chi connectivity index (χ3v) is 3.72. The van der Waals surface area contributed by atoms with Gasteiger partial charge in [-0.05, 0) is 40.4 Å². The second kappa shape index (κ2) is 6.61. The van der Waals surface area contributed by atoms with Gasteiger partial charge < -0.3 is 4.90 Å². The molecule has 0 unspecified atom stereocenters. The van der Waals surface area contributed by atoms with E-state index < -0.39 is 18.6 Å². The van der Waals surface area contributed by atoms with Gasteiger partial charge in [0, 0.05) is 11.0 Å². The van der Waals surface area contributed by atoms with E-state index >= 15 is 0 Å². The molecule has 0 spiro atoms. The van der Waals surface area contributed by atoms with Crippen LogP contribution in [0.4, 0.5) is 13.2 Å². The topological polar surface area (TPSA) is 20.3 Å². The SMILES string of the molecule is Cc1cccc(C(=O)N(CC(C)C)CC(F)(F)F)c1Br. The van der Waals surface area contributed by atoms with Crippen molar-refractivity contribution in [3.05, 3.63) is 33.8 Å². The Bertz CT molecular complexity index is 486. The molecule has 0 bridgehead atoms. The Morgan fingerprint density at radius 1 is 1.35 bits per heavy atom. The molecule has 112 valence electrons. The number of hydrogen-bond acceptors (Lipinski definition) is 1. The van der Waals surface area contributed by atoms with Crippen LogP contribution >= 0.6 is 15.9 Å². The number of halogens is 4. The van der Waals surface area contributed by atoms with Gasteiger partial charge in [-0.3, -0.25) is 4.79 Å². The number of amides is 1. The fourth-order valence-electron chi connectivity index (χ4n) is 1.86. The molecule has 20 heavy (non-hydrogen) atoms. The molecule has 0 saturated carbocycles. The van der Waals surface area contributed by atoms with E-state index in [0.29, 0.717) is 4.47 Å². The molecule has 1 rings (SSSR count). The lowest BCUT2D eigenvalue weighted by Gasteiger charge is -2.26. The van der Waals surface area contributed by atoms with E-state index in [1.54, 1.807) is 32.9 Å². The van der Waals surface area contributed by atoms with E-state index in [2.05, 4.69) is 15.9 Å². The molecule has 6 heteroatoms. The maximum absolute atomic E-state index is 12.6. The molecule has 0 radical (unpaired) electrons. The van der Waals surface area contributed by atoms with E-state index in [-0.39, 0.29) is 18.0 Å². The summed E-state index contributed by atoms with van der Waals surface area (Å²) >= 11 is 3.27. The number of nitrogens with zero attached hydrogens (tertiary/aromatic N) is 1. The van der Waals surface area contributed by atoms with Gasteiger partial charge >= 0.3 is 6.18 Å². The van der Waals surface area contributed by atoms with Crippen molar-refractivity contribution in [1.82, 2.24) is 4.90 Å². The zero-order valence-corrected chi connectivity index (χ0v) is 13.2. The first-order chi connectivity index (χ1) is 9.11. The van der Waals surface area contributed by atoms with Crippen molar-refractivity contribution in [3.63, 3.8) is 0 Å². The molecule has 0 saturated heterocycles. The Morgan fingerprint density at radius 3 is 2.45 bits per heavy atom. The molecule has 0 aliphatic carbocycles. The minimum atomic E-state index is -4.40. The zero-order chi connectivity index (χ0) is 15.5. The summed E-state index contributed by atoms with van der Waals surface area (Å²) < 4.78 is 38.4. The number of carbonyl (C=O) groups excluding carboxylic acids is 1. The Morgan fingerprint density at radius 2 is 1.95 bits per heavy atom. The lowest BCUT2D eigenvalue weighted by atomic mass is 10.1. The summed E-state index contributed by atoms with van der Waals surface area (Å²) in [6.07, 6.45) is -4.40. The van der Waals surface area contributed by atoms with Gasteiger partial charge in [0.25, 0.3) is 5.91 Å². The van der Waals surface area contributed by atoms with Crippen LogP contribution in [0.25, 0.3) is 0 Å². The first kappa shape index (κ1) is 17.0. The first-order valence-electron chi connectivity index (χ1n) is 6.23. The minimum Gasteiger partial charge on any atom is -0.329 e. The maximum atomic E-state index is 12.6. The largest absolute Gasteiger partial charge is 0.406 e. The zero-order valence-electron chi connectivity index (χ0n) is 11.6. The molecule has 0 aromatic heterocycles. The fraction of sp³-hybridized carbons (Fsp3) is 0.500. The average molecular weight is 352 g/mol. The fourth-order valence-corrected chi connectivity index (χ4v) is 2.29. The maximum Gasteiger partial charge on any atom is 0.406 e. The van der Waals surface area contributed by atoms with Gasteiger partial charge in [-0.25, -0.2) is 0 Å². The predicted octanol–water partition coefficient (Wildman–Crippen LogP) is 4.42. The molecule has 0 aliphatic heterocycles. The standard InChI is InChI=1S/C14H17BrF3NO/c1-9(2)7-19(8-14(16,17)18)13(20)11-6-4-5-10(3)12(11)15/h4-6,9H,7-8H2,1-3H3. The van der Waals surface area contributed by atoms with Gasteiger partial charge in [0.15, 0.2) is 0 Å². The number of carbonyl (C=O) groups is 1. The highest BCUT2D eigenvalue weighted by Gasteiger charge is 2.34. The number of aryl methyl sites for hydroxylation is 1. The van der Waals surface area contributed by atoms with E-state index in [1.165, 1.54) is 6.07 Å². The van der Waals surface area contributed by atoms with Gasteiger partial charge in [0.05, 0.1) is 5.56 Å². The molecule has 1 amide bonds. The number of hydrogen-bond donors (Lipinski definition) is 0. The Balaban J connectivity index is 3.06. The highest BCUT2D eigenvalue weighted by Crippen LogP contribution is 2.25. The normalized spacial score (nSPS) is 11.8. The summed E-state index contributed by atoms with van der Waals surface area (Å²) in [5.74, 6) is -0.642. The quantitative estimate of drug-likeness (QED) is 0.786. The summed E-state index contributed by atoms with van der Waals surface area (Å²) in [6.45, 7) is 4.18. The molecular formula is C14H17BrF3NO. The van der Waals surface area contributed by atoms with Gasteiger partial charge in [-0.15, -0.1) is 0 Å². The van der Waals surface area contributed by atoms with E-state index in [0.717, 1.165) is 10.5 Å². The van der Waals surface area contributed by atoms with Gasteiger partial charge in [-0.2, -0.15) is 13.2 Å². The second-order valence-electron chi connectivity index (χ2n) is 5.13. The molecule has 1 aromatic rings. The van der Waals surface area contributed by atoms with E-state index in [9.17, 15) is 18.0 Å². The monoisotopic (exact) mass is 351 g/mol. The van der Waals surface area contributed by atoms with Gasteiger partial charge in [0.1, 0.15) is 6.54 Å². The average Bonchev–Trinajstić information content (AvgIpc) is 2.28. The van der Waals surface area contributed by atoms with Crippen molar-refractivity contribution >= 4 is 21.8 Å². The van der Waals surface area contributed by atoms with Crippen molar-refractivity contribution in [2.45, 2.75) is 26.9 Å². The molecular weight excluding hydrogens is 335 g/mol. The molecule has 0 N–H and O–H groups in total. The number of alkyl halides is 3. The molecule has 1 aromatic carbocycles. The minimum absolute atomic E-state index is 0.0371. The van der Waals surface area contributed by atoms with Crippen LogP contribution in [-0.2, 0) is 0 Å². The van der Waals surface area contributed by atoms with E-state index in [1.807, 2.05) is 0 Å². The van der Waals surface area contributed by atoms with Crippen LogP contribution in [0.3, 0.4) is 0 Å². The summed E-state index contributed by atoms with van der Waals surface area (Å²) in [6, 6.07) is 4.98. The lowest BCUT2D eigenvalue weighted by molar-refractivity contribution is -0.141. The third kappa shape index (κ3) is 4.81. The molecule has 0 aliphatic rings. The van der Waals surface area contributed by atoms with Crippen LogP contribution in [-0.4, -0.2) is 30.1 Å². The third-order valence-electron chi connectivity index (χ3n) is 2.67. The Hall–Kier alpha value is -1.04. The predicted molar refractivity (Wildman–Crippen MR) is 75.7 cm³/mol. The summed E-state index contributed by atoms with van der Waals surface area (Å²) in [5.41, 5.74) is 1.07. The van der Waals surface area contributed by atoms with Crippen LogP contribution in [0.2, 0.25) is 0 Å². The lowest BCUT2D eigenvalue weighted by Crippen LogP contribution is -2.41. The number of rotatable bonds is 4. The molecule has 0 atom stereocenters. The molecule has 2 nitrogen and oxygen atoms in total. The summed E-state index contributed by atoms with van der Waals surface area (Å²) in [7, 11) is 0. The van der Waals surface area contributed by atoms with Gasteiger partial charge in [-0.1, -0.05) is 26.0 Å². The van der Waals surface area contributed by atoms with Crippen LogP contribution < -0.4 is 0 Å². The molecule has 0 heterocycles. The summed E-state index contributed by atoms with van der Waals surface area (Å²) in [4.78, 5) is 13.2. The van der Waals surface area contributed by atoms with Gasteiger partial charge in [0.2, 0.25) is 0 Å². The van der Waals surface area contributed by atoms with Crippen LogP contribution in [0.15, 0.2) is 22.7 Å². The Labute approximate surface area is 125 Å².